The van der Waals surface area contributed by atoms with E-state index in [4.69, 9.17) is 9.47 Å². The summed E-state index contributed by atoms with van der Waals surface area (Å²) in [6, 6.07) is 6.05. The molecule has 0 radical (unpaired) electrons. The largest absolute Gasteiger partial charge is 0.466 e. The van der Waals surface area contributed by atoms with Gasteiger partial charge in [0.05, 0.1) is 30.9 Å². The highest BCUT2D eigenvalue weighted by Gasteiger charge is 2.30. The molecule has 3 atom stereocenters. The molecule has 1 aromatic carbocycles. The Kier molecular flexibility index (Phi) is 8.62. The molecule has 8 nitrogen and oxygen atoms in total. The third kappa shape index (κ3) is 6.12. The van der Waals surface area contributed by atoms with Gasteiger partial charge in [0.15, 0.2) is 0 Å². The first kappa shape index (κ1) is 25.2. The molecule has 0 unspecified atom stereocenters. The van der Waals surface area contributed by atoms with Crippen LogP contribution in [0.1, 0.15) is 61.2 Å². The maximum absolute atomic E-state index is 13.2. The Labute approximate surface area is 200 Å². The van der Waals surface area contributed by atoms with Gasteiger partial charge in [-0.05, 0) is 36.5 Å². The van der Waals surface area contributed by atoms with Crippen LogP contribution in [0.25, 0.3) is 0 Å². The summed E-state index contributed by atoms with van der Waals surface area (Å²) < 4.78 is 13.0. The monoisotopic (exact) mass is 466 g/mol. The summed E-state index contributed by atoms with van der Waals surface area (Å²) in [5.41, 5.74) is 5.14. The van der Waals surface area contributed by atoms with Gasteiger partial charge in [-0.3, -0.25) is 9.59 Å². The Balaban J connectivity index is 1.72. The number of imidazole rings is 2. The number of H-pyrrole nitrogens is 1. The quantitative estimate of drug-likeness (QED) is 0.427. The zero-order valence-electron chi connectivity index (χ0n) is 20.6. The lowest BCUT2D eigenvalue weighted by molar-refractivity contribution is -0.155. The predicted molar refractivity (Wildman–Crippen MR) is 128 cm³/mol. The minimum atomic E-state index is -0.402. The molecule has 0 aliphatic heterocycles. The second-order valence-corrected chi connectivity index (χ2v) is 8.73. The number of carbonyl (C=O) groups is 2. The van der Waals surface area contributed by atoms with Crippen LogP contribution in [0.5, 0.6) is 0 Å². The highest BCUT2D eigenvalue weighted by atomic mass is 16.5. The lowest BCUT2D eigenvalue weighted by Gasteiger charge is -2.25. The van der Waals surface area contributed by atoms with E-state index in [9.17, 15) is 9.59 Å². The highest BCUT2D eigenvalue weighted by Crippen LogP contribution is 2.28. The van der Waals surface area contributed by atoms with Gasteiger partial charge in [0.1, 0.15) is 6.61 Å². The van der Waals surface area contributed by atoms with Crippen LogP contribution in [0.2, 0.25) is 0 Å². The standard InChI is InChI=1S/C26H34N4O4/c1-6-23(21(14-33-19(4)31)10-22-11-28-16-30(22)5)26(32)34-13-20-8-7-9-24(17(20)2)18(3)25-12-27-15-29-25/h7-9,11-12,15-16,18,21,23H,6,10,13-14H2,1-5H3,(H,27,29)/t18-,21-,23-/m0/s1. The molecule has 2 heterocycles. The number of benzene rings is 1. The average Bonchev–Trinajstić information content (AvgIpc) is 3.49. The number of esters is 2. The van der Waals surface area contributed by atoms with Gasteiger partial charge in [-0.2, -0.15) is 0 Å². The zero-order chi connectivity index (χ0) is 24.7. The molecule has 3 aromatic rings. The summed E-state index contributed by atoms with van der Waals surface area (Å²) in [6.45, 7) is 7.83. The van der Waals surface area contributed by atoms with Gasteiger partial charge in [0.2, 0.25) is 0 Å². The van der Waals surface area contributed by atoms with Crippen molar-refractivity contribution in [3.63, 3.8) is 0 Å². The topological polar surface area (TPSA) is 99.1 Å². The minimum absolute atomic E-state index is 0.122. The molecule has 34 heavy (non-hydrogen) atoms. The number of nitrogens with one attached hydrogen (secondary N) is 1. The van der Waals surface area contributed by atoms with Crippen LogP contribution in [0.3, 0.4) is 0 Å². The van der Waals surface area contributed by atoms with Crippen LogP contribution in [0.4, 0.5) is 0 Å². The van der Waals surface area contributed by atoms with Crippen molar-refractivity contribution in [3.05, 3.63) is 71.3 Å². The zero-order valence-corrected chi connectivity index (χ0v) is 20.6. The lowest BCUT2D eigenvalue weighted by Crippen LogP contribution is -2.31. The smallest absolute Gasteiger partial charge is 0.309 e. The van der Waals surface area contributed by atoms with Crippen molar-refractivity contribution in [1.29, 1.82) is 0 Å². The number of aromatic nitrogens is 4. The second kappa shape index (κ2) is 11.6. The molecule has 0 bridgehead atoms. The minimum Gasteiger partial charge on any atom is -0.466 e. The van der Waals surface area contributed by atoms with Gasteiger partial charge < -0.3 is 19.0 Å². The molecule has 182 valence electrons. The summed E-state index contributed by atoms with van der Waals surface area (Å²) in [4.78, 5) is 36.2. The van der Waals surface area contributed by atoms with Crippen LogP contribution >= 0.6 is 0 Å². The van der Waals surface area contributed by atoms with Crippen LogP contribution in [-0.4, -0.2) is 38.1 Å². The molecule has 2 aromatic heterocycles. The van der Waals surface area contributed by atoms with Gasteiger partial charge in [-0.25, -0.2) is 9.97 Å². The van der Waals surface area contributed by atoms with Crippen molar-refractivity contribution in [2.75, 3.05) is 6.61 Å². The Hall–Kier alpha value is -3.42. The number of aryl methyl sites for hydroxylation is 1. The molecule has 0 aliphatic carbocycles. The summed E-state index contributed by atoms with van der Waals surface area (Å²) in [7, 11) is 1.91. The molecule has 0 saturated carbocycles. The molecule has 0 spiro atoms. The Morgan fingerprint density at radius 2 is 2.03 bits per heavy atom. The maximum Gasteiger partial charge on any atom is 0.309 e. The van der Waals surface area contributed by atoms with Crippen LogP contribution < -0.4 is 0 Å². The molecule has 0 fully saturated rings. The molecule has 0 amide bonds. The van der Waals surface area contributed by atoms with Crippen LogP contribution in [-0.2, 0) is 39.1 Å². The van der Waals surface area contributed by atoms with Crippen molar-refractivity contribution in [3.8, 4) is 0 Å². The van der Waals surface area contributed by atoms with E-state index in [2.05, 4.69) is 27.9 Å². The number of aromatic amines is 1. The lowest BCUT2D eigenvalue weighted by atomic mass is 9.87. The highest BCUT2D eigenvalue weighted by molar-refractivity contribution is 5.73. The van der Waals surface area contributed by atoms with E-state index >= 15 is 0 Å². The second-order valence-electron chi connectivity index (χ2n) is 8.73. The molecule has 0 saturated heterocycles. The fraction of sp³-hybridized carbons (Fsp3) is 0.462. The number of ether oxygens (including phenoxy) is 2. The van der Waals surface area contributed by atoms with Gasteiger partial charge in [-0.15, -0.1) is 0 Å². The van der Waals surface area contributed by atoms with Crippen molar-refractivity contribution in [2.24, 2.45) is 18.9 Å². The van der Waals surface area contributed by atoms with Gasteiger partial charge in [0.25, 0.3) is 0 Å². The van der Waals surface area contributed by atoms with Crippen LogP contribution in [0.15, 0.2) is 43.2 Å². The van der Waals surface area contributed by atoms with Crippen molar-refractivity contribution < 1.29 is 19.1 Å². The molecular weight excluding hydrogens is 432 g/mol. The van der Waals surface area contributed by atoms with Crippen molar-refractivity contribution >= 4 is 11.9 Å². The number of rotatable bonds is 11. The number of hydrogen-bond donors (Lipinski definition) is 1. The first-order valence-electron chi connectivity index (χ1n) is 11.6. The van der Waals surface area contributed by atoms with Gasteiger partial charge >= 0.3 is 11.9 Å². The van der Waals surface area contributed by atoms with E-state index < -0.39 is 5.92 Å². The summed E-state index contributed by atoms with van der Waals surface area (Å²) in [5, 5.41) is 0. The summed E-state index contributed by atoms with van der Waals surface area (Å²) >= 11 is 0. The van der Waals surface area contributed by atoms with E-state index in [1.165, 1.54) is 6.92 Å². The molecular formula is C26H34N4O4. The Morgan fingerprint density at radius 3 is 2.65 bits per heavy atom. The summed E-state index contributed by atoms with van der Waals surface area (Å²) in [5.74, 6) is -1.13. The maximum atomic E-state index is 13.2. The molecule has 3 rings (SSSR count). The molecule has 0 aliphatic rings. The third-order valence-corrected chi connectivity index (χ3v) is 6.49. The fourth-order valence-corrected chi connectivity index (χ4v) is 4.34. The first-order valence-corrected chi connectivity index (χ1v) is 11.6. The van der Waals surface area contributed by atoms with E-state index in [0.29, 0.717) is 12.8 Å². The van der Waals surface area contributed by atoms with E-state index in [0.717, 1.165) is 28.1 Å². The van der Waals surface area contributed by atoms with Gasteiger partial charge in [0, 0.05) is 43.9 Å². The third-order valence-electron chi connectivity index (χ3n) is 6.49. The normalized spacial score (nSPS) is 13.8. The molecule has 1 N–H and O–H groups in total. The van der Waals surface area contributed by atoms with E-state index in [-0.39, 0.29) is 37.0 Å². The first-order chi connectivity index (χ1) is 16.3. The van der Waals surface area contributed by atoms with Crippen molar-refractivity contribution in [2.45, 2.75) is 53.1 Å². The number of nitrogens with zero attached hydrogens (tertiary/aromatic N) is 3. The van der Waals surface area contributed by atoms with Gasteiger partial charge in [-0.1, -0.05) is 32.0 Å². The Morgan fingerprint density at radius 1 is 1.24 bits per heavy atom. The SMILES string of the molecule is CC[C@H](C(=O)OCc1cccc([C@H](C)c2c[nH]cn2)c1C)[C@H](COC(C)=O)Cc1cncn1C. The Bertz CT molecular complexity index is 1090. The van der Waals surface area contributed by atoms with Crippen molar-refractivity contribution in [1.82, 2.24) is 19.5 Å². The number of carbonyl (C=O) groups excluding carboxylic acids is 2. The van der Waals surface area contributed by atoms with Crippen LogP contribution in [0, 0.1) is 18.8 Å². The fourth-order valence-electron chi connectivity index (χ4n) is 4.34. The summed E-state index contributed by atoms with van der Waals surface area (Å²) in [6.07, 6.45) is 8.21. The van der Waals surface area contributed by atoms with E-state index in [1.807, 2.05) is 43.8 Å². The number of hydrogen-bond acceptors (Lipinski definition) is 6. The van der Waals surface area contributed by atoms with E-state index in [1.54, 1.807) is 18.9 Å². The predicted octanol–water partition coefficient (Wildman–Crippen LogP) is 4.09. The molecule has 8 heteroatoms. The average molecular weight is 467 g/mol.